The summed E-state index contributed by atoms with van der Waals surface area (Å²) >= 11 is 5.98. The van der Waals surface area contributed by atoms with Crippen LogP contribution in [0.1, 0.15) is 28.8 Å². The number of halogens is 1. The number of carbonyl (C=O) groups excluding carboxylic acids is 1. The van der Waals surface area contributed by atoms with Gasteiger partial charge in [0, 0.05) is 29.7 Å². The van der Waals surface area contributed by atoms with E-state index in [1.54, 1.807) is 6.07 Å². The van der Waals surface area contributed by atoms with Crippen LogP contribution in [-0.2, 0) is 0 Å². The molecule has 1 N–H and O–H groups in total. The van der Waals surface area contributed by atoms with Gasteiger partial charge in [-0.15, -0.1) is 0 Å². The fourth-order valence-electron chi connectivity index (χ4n) is 2.33. The number of carbonyl (C=O) groups is 1. The van der Waals surface area contributed by atoms with Crippen LogP contribution in [0.15, 0.2) is 18.2 Å². The quantitative estimate of drug-likeness (QED) is 0.892. The molecule has 0 bridgehead atoms. The molecule has 0 aliphatic carbocycles. The second-order valence-corrected chi connectivity index (χ2v) is 5.23. The average molecular weight is 267 g/mol. The van der Waals surface area contributed by atoms with Crippen molar-refractivity contribution in [3.63, 3.8) is 0 Å². The van der Waals surface area contributed by atoms with Crippen LogP contribution in [0.4, 0.5) is 0 Å². The molecule has 1 saturated heterocycles. The van der Waals surface area contributed by atoms with Crippen LogP contribution < -0.4 is 5.32 Å². The summed E-state index contributed by atoms with van der Waals surface area (Å²) in [6.07, 6.45) is 2.05. The zero-order valence-electron chi connectivity index (χ0n) is 10.9. The van der Waals surface area contributed by atoms with Crippen molar-refractivity contribution in [2.75, 3.05) is 20.1 Å². The SMILES string of the molecule is CNC1CCN(C(=O)c2ccc(Cl)c(C)c2)CC1. The number of rotatable bonds is 2. The summed E-state index contributed by atoms with van der Waals surface area (Å²) in [6, 6.07) is 6.02. The molecule has 1 aliphatic heterocycles. The van der Waals surface area contributed by atoms with E-state index in [0.29, 0.717) is 11.1 Å². The molecule has 1 amide bonds. The van der Waals surface area contributed by atoms with Crippen LogP contribution in [0.25, 0.3) is 0 Å². The third kappa shape index (κ3) is 2.85. The maximum absolute atomic E-state index is 12.3. The van der Waals surface area contributed by atoms with Crippen LogP contribution >= 0.6 is 11.6 Å². The number of nitrogens with zero attached hydrogens (tertiary/aromatic N) is 1. The molecule has 2 rings (SSSR count). The minimum Gasteiger partial charge on any atom is -0.339 e. The Hall–Kier alpha value is -1.06. The fourth-order valence-corrected chi connectivity index (χ4v) is 2.45. The Bertz CT molecular complexity index is 439. The van der Waals surface area contributed by atoms with Crippen molar-refractivity contribution in [2.45, 2.75) is 25.8 Å². The Kier molecular flexibility index (Phi) is 4.25. The molecule has 0 saturated carbocycles. The molecule has 1 heterocycles. The predicted molar refractivity (Wildman–Crippen MR) is 74.2 cm³/mol. The molecule has 1 aromatic rings. The molecule has 0 atom stereocenters. The zero-order chi connectivity index (χ0) is 13.1. The second kappa shape index (κ2) is 5.72. The van der Waals surface area contributed by atoms with Gasteiger partial charge in [0.2, 0.25) is 0 Å². The molecule has 0 radical (unpaired) electrons. The third-order valence-corrected chi connectivity index (χ3v) is 4.02. The summed E-state index contributed by atoms with van der Waals surface area (Å²) in [5, 5.41) is 3.97. The van der Waals surface area contributed by atoms with Crippen LogP contribution in [0.5, 0.6) is 0 Å². The zero-order valence-corrected chi connectivity index (χ0v) is 11.6. The molecule has 0 aromatic heterocycles. The van der Waals surface area contributed by atoms with Gasteiger partial charge in [-0.1, -0.05) is 11.6 Å². The molecule has 1 aromatic carbocycles. The fraction of sp³-hybridized carbons (Fsp3) is 0.500. The van der Waals surface area contributed by atoms with Crippen LogP contribution in [0.2, 0.25) is 5.02 Å². The van der Waals surface area contributed by atoms with Gasteiger partial charge in [0.05, 0.1) is 0 Å². The molecule has 18 heavy (non-hydrogen) atoms. The molecule has 3 nitrogen and oxygen atoms in total. The first-order valence-electron chi connectivity index (χ1n) is 6.34. The van der Waals surface area contributed by atoms with Crippen molar-refractivity contribution < 1.29 is 4.79 Å². The van der Waals surface area contributed by atoms with Crippen molar-refractivity contribution >= 4 is 17.5 Å². The smallest absolute Gasteiger partial charge is 0.253 e. The van der Waals surface area contributed by atoms with Gasteiger partial charge in [0.15, 0.2) is 0 Å². The standard InChI is InChI=1S/C14H19ClN2O/c1-10-9-11(3-4-13(10)15)14(18)17-7-5-12(16-2)6-8-17/h3-4,9,12,16H,5-8H2,1-2H3. The molecule has 1 aliphatic rings. The van der Waals surface area contributed by atoms with E-state index >= 15 is 0 Å². The number of hydrogen-bond donors (Lipinski definition) is 1. The summed E-state index contributed by atoms with van der Waals surface area (Å²) in [5.41, 5.74) is 1.69. The highest BCUT2D eigenvalue weighted by molar-refractivity contribution is 6.31. The highest BCUT2D eigenvalue weighted by Gasteiger charge is 2.22. The molecule has 0 unspecified atom stereocenters. The van der Waals surface area contributed by atoms with Gasteiger partial charge in [-0.3, -0.25) is 4.79 Å². The predicted octanol–water partition coefficient (Wildman–Crippen LogP) is 2.47. The lowest BCUT2D eigenvalue weighted by Gasteiger charge is -2.32. The van der Waals surface area contributed by atoms with E-state index in [2.05, 4.69) is 5.32 Å². The first-order chi connectivity index (χ1) is 8.61. The highest BCUT2D eigenvalue weighted by Crippen LogP contribution is 2.19. The average Bonchev–Trinajstić information content (AvgIpc) is 2.41. The Balaban J connectivity index is 2.05. The maximum atomic E-state index is 12.3. The normalized spacial score (nSPS) is 16.9. The lowest BCUT2D eigenvalue weighted by atomic mass is 10.0. The lowest BCUT2D eigenvalue weighted by molar-refractivity contribution is 0.0707. The second-order valence-electron chi connectivity index (χ2n) is 4.82. The largest absolute Gasteiger partial charge is 0.339 e. The summed E-state index contributed by atoms with van der Waals surface area (Å²) in [5.74, 6) is 0.115. The Morgan fingerprint density at radius 1 is 1.39 bits per heavy atom. The van der Waals surface area contributed by atoms with Gasteiger partial charge in [-0.25, -0.2) is 0 Å². The first kappa shape index (κ1) is 13.4. The highest BCUT2D eigenvalue weighted by atomic mass is 35.5. The monoisotopic (exact) mass is 266 g/mol. The van der Waals surface area contributed by atoms with Crippen LogP contribution in [-0.4, -0.2) is 37.0 Å². The third-order valence-electron chi connectivity index (χ3n) is 3.60. The molecular formula is C14H19ClN2O. The van der Waals surface area contributed by atoms with Gasteiger partial charge >= 0.3 is 0 Å². The number of aryl methyl sites for hydroxylation is 1. The van der Waals surface area contributed by atoms with Gasteiger partial charge in [-0.05, 0) is 50.6 Å². The molecular weight excluding hydrogens is 248 g/mol. The lowest BCUT2D eigenvalue weighted by Crippen LogP contribution is -2.43. The van der Waals surface area contributed by atoms with Crippen LogP contribution in [0, 0.1) is 6.92 Å². The molecule has 98 valence electrons. The summed E-state index contributed by atoms with van der Waals surface area (Å²) in [7, 11) is 1.98. The Morgan fingerprint density at radius 2 is 2.06 bits per heavy atom. The van der Waals surface area contributed by atoms with E-state index in [0.717, 1.165) is 37.1 Å². The van der Waals surface area contributed by atoms with E-state index in [-0.39, 0.29) is 5.91 Å². The topological polar surface area (TPSA) is 32.3 Å². The van der Waals surface area contributed by atoms with E-state index in [4.69, 9.17) is 11.6 Å². The maximum Gasteiger partial charge on any atom is 0.253 e. The molecule has 1 fully saturated rings. The van der Waals surface area contributed by atoms with Crippen molar-refractivity contribution in [3.8, 4) is 0 Å². The minimum absolute atomic E-state index is 0.115. The van der Waals surface area contributed by atoms with Crippen molar-refractivity contribution in [3.05, 3.63) is 34.3 Å². The minimum atomic E-state index is 0.115. The molecule has 0 spiro atoms. The molecule has 4 heteroatoms. The Labute approximate surface area is 113 Å². The van der Waals surface area contributed by atoms with Crippen molar-refractivity contribution in [2.24, 2.45) is 0 Å². The number of benzene rings is 1. The van der Waals surface area contributed by atoms with Gasteiger partial charge in [0.1, 0.15) is 0 Å². The number of amides is 1. The summed E-state index contributed by atoms with van der Waals surface area (Å²) in [6.45, 7) is 3.57. The van der Waals surface area contributed by atoms with Gasteiger partial charge < -0.3 is 10.2 Å². The van der Waals surface area contributed by atoms with Gasteiger partial charge in [0.25, 0.3) is 5.91 Å². The summed E-state index contributed by atoms with van der Waals surface area (Å²) in [4.78, 5) is 14.2. The number of nitrogens with one attached hydrogen (secondary N) is 1. The number of piperidine rings is 1. The van der Waals surface area contributed by atoms with E-state index < -0.39 is 0 Å². The van der Waals surface area contributed by atoms with Crippen molar-refractivity contribution in [1.29, 1.82) is 0 Å². The number of hydrogen-bond acceptors (Lipinski definition) is 2. The number of likely N-dealkylation sites (tertiary alicyclic amines) is 1. The Morgan fingerprint density at radius 3 is 2.61 bits per heavy atom. The van der Waals surface area contributed by atoms with Gasteiger partial charge in [-0.2, -0.15) is 0 Å². The van der Waals surface area contributed by atoms with E-state index in [1.165, 1.54) is 0 Å². The van der Waals surface area contributed by atoms with Crippen LogP contribution in [0.3, 0.4) is 0 Å². The van der Waals surface area contributed by atoms with E-state index in [9.17, 15) is 4.79 Å². The van der Waals surface area contributed by atoms with Crippen molar-refractivity contribution in [1.82, 2.24) is 10.2 Å². The summed E-state index contributed by atoms with van der Waals surface area (Å²) < 4.78 is 0. The van der Waals surface area contributed by atoms with E-state index in [1.807, 2.05) is 31.0 Å². The first-order valence-corrected chi connectivity index (χ1v) is 6.72.